The molecule has 4 nitrogen and oxygen atoms in total. The summed E-state index contributed by atoms with van der Waals surface area (Å²) in [7, 11) is 0. The topological polar surface area (TPSA) is 55.4 Å². The zero-order valence-corrected chi connectivity index (χ0v) is 15.7. The lowest BCUT2D eigenvalue weighted by Crippen LogP contribution is -2.16. The molecule has 0 saturated heterocycles. The van der Waals surface area contributed by atoms with Crippen LogP contribution in [0.3, 0.4) is 0 Å². The van der Waals surface area contributed by atoms with E-state index in [4.69, 9.17) is 16.3 Å². The minimum absolute atomic E-state index is 0.126. The first-order chi connectivity index (χ1) is 11.9. The minimum Gasteiger partial charge on any atom is -0.460 e. The first kappa shape index (κ1) is 19.3. The van der Waals surface area contributed by atoms with Gasteiger partial charge in [-0.15, -0.1) is 11.8 Å². The van der Waals surface area contributed by atoms with E-state index < -0.39 is 0 Å². The summed E-state index contributed by atoms with van der Waals surface area (Å²) >= 11 is 7.10. The van der Waals surface area contributed by atoms with Crippen molar-refractivity contribution in [2.24, 2.45) is 0 Å². The molecule has 0 aliphatic carbocycles. The SMILES string of the molecule is Cc1ccc(NC(=O)CSCC(=O)OCc2cccc(Cl)c2)c(C)c1. The van der Waals surface area contributed by atoms with Crippen molar-refractivity contribution < 1.29 is 14.3 Å². The van der Waals surface area contributed by atoms with Crippen LogP contribution in [0.25, 0.3) is 0 Å². The molecule has 0 aliphatic rings. The second-order valence-corrected chi connectivity index (χ2v) is 7.07. The number of anilines is 1. The molecule has 0 saturated carbocycles. The van der Waals surface area contributed by atoms with Crippen LogP contribution in [0.1, 0.15) is 16.7 Å². The molecule has 1 N–H and O–H groups in total. The Balaban J connectivity index is 1.69. The third-order valence-corrected chi connectivity index (χ3v) is 4.54. The number of benzene rings is 2. The molecule has 0 bridgehead atoms. The van der Waals surface area contributed by atoms with Gasteiger partial charge in [-0.25, -0.2) is 0 Å². The van der Waals surface area contributed by atoms with Crippen LogP contribution < -0.4 is 5.32 Å². The van der Waals surface area contributed by atoms with Gasteiger partial charge in [0.25, 0.3) is 0 Å². The van der Waals surface area contributed by atoms with E-state index in [1.807, 2.05) is 38.1 Å². The Kier molecular flexibility index (Phi) is 7.34. The van der Waals surface area contributed by atoms with E-state index in [9.17, 15) is 9.59 Å². The molecule has 2 rings (SSSR count). The highest BCUT2D eigenvalue weighted by molar-refractivity contribution is 8.00. The summed E-state index contributed by atoms with van der Waals surface area (Å²) in [5.41, 5.74) is 3.78. The van der Waals surface area contributed by atoms with Crippen molar-refractivity contribution in [3.8, 4) is 0 Å². The number of aryl methyl sites for hydroxylation is 2. The average molecular weight is 378 g/mol. The Labute approximate surface area is 156 Å². The highest BCUT2D eigenvalue weighted by Crippen LogP contribution is 2.16. The summed E-state index contributed by atoms with van der Waals surface area (Å²) in [6, 6.07) is 13.0. The summed E-state index contributed by atoms with van der Waals surface area (Å²) in [5, 5.41) is 3.45. The number of ether oxygens (including phenoxy) is 1. The molecule has 0 fully saturated rings. The Morgan fingerprint density at radius 2 is 1.92 bits per heavy atom. The quantitative estimate of drug-likeness (QED) is 0.728. The van der Waals surface area contributed by atoms with Gasteiger partial charge in [0, 0.05) is 10.7 Å². The van der Waals surface area contributed by atoms with Gasteiger partial charge in [-0.2, -0.15) is 0 Å². The predicted molar refractivity (Wildman–Crippen MR) is 103 cm³/mol. The summed E-state index contributed by atoms with van der Waals surface area (Å²) in [4.78, 5) is 23.7. The van der Waals surface area contributed by atoms with Gasteiger partial charge in [-0.1, -0.05) is 41.4 Å². The van der Waals surface area contributed by atoms with E-state index in [-0.39, 0.29) is 30.0 Å². The zero-order valence-electron chi connectivity index (χ0n) is 14.2. The van der Waals surface area contributed by atoms with Gasteiger partial charge in [0.1, 0.15) is 6.61 Å². The van der Waals surface area contributed by atoms with Crippen molar-refractivity contribution in [3.05, 3.63) is 64.2 Å². The predicted octanol–water partition coefficient (Wildman–Crippen LogP) is 4.37. The Morgan fingerprint density at radius 1 is 1.12 bits per heavy atom. The molecule has 2 aromatic rings. The number of nitrogens with one attached hydrogen (secondary N) is 1. The molecule has 132 valence electrons. The molecule has 1 amide bonds. The Bertz CT molecular complexity index is 764. The summed E-state index contributed by atoms with van der Waals surface area (Å²) in [6.07, 6.45) is 0. The minimum atomic E-state index is -0.357. The summed E-state index contributed by atoms with van der Waals surface area (Å²) in [5.74, 6) is -0.177. The van der Waals surface area contributed by atoms with Gasteiger partial charge in [-0.3, -0.25) is 9.59 Å². The van der Waals surface area contributed by atoms with Crippen molar-refractivity contribution in [2.45, 2.75) is 20.5 Å². The van der Waals surface area contributed by atoms with Crippen molar-refractivity contribution in [1.29, 1.82) is 0 Å². The van der Waals surface area contributed by atoms with Gasteiger partial charge < -0.3 is 10.1 Å². The fraction of sp³-hybridized carbons (Fsp3) is 0.263. The highest BCUT2D eigenvalue weighted by Gasteiger charge is 2.09. The summed E-state index contributed by atoms with van der Waals surface area (Å²) in [6.45, 7) is 4.13. The average Bonchev–Trinajstić information content (AvgIpc) is 2.56. The number of carbonyl (C=O) groups is 2. The number of hydrogen-bond donors (Lipinski definition) is 1. The van der Waals surface area contributed by atoms with E-state index in [1.165, 1.54) is 11.8 Å². The van der Waals surface area contributed by atoms with Crippen LogP contribution in [0.2, 0.25) is 5.02 Å². The van der Waals surface area contributed by atoms with E-state index in [2.05, 4.69) is 5.32 Å². The zero-order chi connectivity index (χ0) is 18.2. The number of thioether (sulfide) groups is 1. The molecule has 0 unspecified atom stereocenters. The largest absolute Gasteiger partial charge is 0.460 e. The standard InChI is InChI=1S/C19H20ClNO3S/c1-13-6-7-17(14(2)8-13)21-18(22)11-25-12-19(23)24-10-15-4-3-5-16(20)9-15/h3-9H,10-12H2,1-2H3,(H,21,22). The molecule has 2 aromatic carbocycles. The lowest BCUT2D eigenvalue weighted by molar-refractivity contribution is -0.141. The van der Waals surface area contributed by atoms with Crippen molar-refractivity contribution in [3.63, 3.8) is 0 Å². The number of esters is 1. The lowest BCUT2D eigenvalue weighted by atomic mass is 10.1. The molecule has 0 radical (unpaired) electrons. The van der Waals surface area contributed by atoms with Gasteiger partial charge in [0.2, 0.25) is 5.91 Å². The molecule has 6 heteroatoms. The second-order valence-electron chi connectivity index (χ2n) is 5.65. The normalized spacial score (nSPS) is 10.4. The third-order valence-electron chi connectivity index (χ3n) is 3.40. The van der Waals surface area contributed by atoms with E-state index in [0.29, 0.717) is 5.02 Å². The number of hydrogen-bond acceptors (Lipinski definition) is 4. The van der Waals surface area contributed by atoms with Crippen LogP contribution in [0.4, 0.5) is 5.69 Å². The highest BCUT2D eigenvalue weighted by atomic mass is 35.5. The maximum absolute atomic E-state index is 11.9. The van der Waals surface area contributed by atoms with E-state index in [0.717, 1.165) is 22.4 Å². The first-order valence-electron chi connectivity index (χ1n) is 7.79. The third kappa shape index (κ3) is 6.80. The van der Waals surface area contributed by atoms with Crippen molar-refractivity contribution >= 4 is 40.9 Å². The van der Waals surface area contributed by atoms with Crippen molar-refractivity contribution in [2.75, 3.05) is 16.8 Å². The number of amides is 1. The molecule has 0 aromatic heterocycles. The fourth-order valence-electron chi connectivity index (χ4n) is 2.20. The van der Waals surface area contributed by atoms with Crippen LogP contribution in [0.15, 0.2) is 42.5 Å². The molecule has 0 atom stereocenters. The van der Waals surface area contributed by atoms with Crippen LogP contribution in [-0.2, 0) is 20.9 Å². The monoisotopic (exact) mass is 377 g/mol. The van der Waals surface area contributed by atoms with Crippen molar-refractivity contribution in [1.82, 2.24) is 0 Å². The van der Waals surface area contributed by atoms with Gasteiger partial charge in [0.15, 0.2) is 0 Å². The molecule has 0 heterocycles. The van der Waals surface area contributed by atoms with Gasteiger partial charge in [0.05, 0.1) is 11.5 Å². The van der Waals surface area contributed by atoms with Crippen LogP contribution >= 0.6 is 23.4 Å². The van der Waals surface area contributed by atoms with Gasteiger partial charge >= 0.3 is 5.97 Å². The number of halogens is 1. The molecule has 25 heavy (non-hydrogen) atoms. The van der Waals surface area contributed by atoms with E-state index >= 15 is 0 Å². The summed E-state index contributed by atoms with van der Waals surface area (Å²) < 4.78 is 5.17. The molecule has 0 spiro atoms. The number of rotatable bonds is 7. The van der Waals surface area contributed by atoms with Crippen LogP contribution in [0, 0.1) is 13.8 Å². The Morgan fingerprint density at radius 3 is 2.64 bits per heavy atom. The fourth-order valence-corrected chi connectivity index (χ4v) is 3.02. The van der Waals surface area contributed by atoms with Crippen LogP contribution in [-0.4, -0.2) is 23.4 Å². The molecular weight excluding hydrogens is 358 g/mol. The number of carbonyl (C=O) groups excluding carboxylic acids is 2. The second kappa shape index (κ2) is 9.49. The molecule has 0 aliphatic heterocycles. The smallest absolute Gasteiger partial charge is 0.316 e. The van der Waals surface area contributed by atoms with E-state index in [1.54, 1.807) is 18.2 Å². The maximum Gasteiger partial charge on any atom is 0.316 e. The lowest BCUT2D eigenvalue weighted by Gasteiger charge is -2.09. The first-order valence-corrected chi connectivity index (χ1v) is 9.32. The Hall–Kier alpha value is -1.98. The van der Waals surface area contributed by atoms with Crippen LogP contribution in [0.5, 0.6) is 0 Å². The molecular formula is C19H20ClNO3S. The van der Waals surface area contributed by atoms with Gasteiger partial charge in [-0.05, 0) is 43.2 Å². The maximum atomic E-state index is 11.9.